The number of hydrogen-bond acceptors (Lipinski definition) is 5. The molecule has 1 fully saturated rings. The van der Waals surface area contributed by atoms with Crippen molar-refractivity contribution in [2.24, 2.45) is 0 Å². The molecule has 0 atom stereocenters. The third-order valence-electron chi connectivity index (χ3n) is 6.95. The van der Waals surface area contributed by atoms with Crippen molar-refractivity contribution in [2.75, 3.05) is 11.9 Å². The van der Waals surface area contributed by atoms with Crippen LogP contribution in [0.2, 0.25) is 10.0 Å². The quantitative estimate of drug-likeness (QED) is 0.385. The van der Waals surface area contributed by atoms with Crippen LogP contribution in [0.25, 0.3) is 22.2 Å². The maximum absolute atomic E-state index is 13.4. The Hall–Kier alpha value is -2.93. The second kappa shape index (κ2) is 8.08. The van der Waals surface area contributed by atoms with Gasteiger partial charge in [-0.15, -0.1) is 0 Å². The van der Waals surface area contributed by atoms with Crippen molar-refractivity contribution >= 4 is 45.9 Å². The predicted octanol–water partition coefficient (Wildman–Crippen LogP) is 5.66. The summed E-state index contributed by atoms with van der Waals surface area (Å²) in [7, 11) is 0. The van der Waals surface area contributed by atoms with E-state index in [1.807, 2.05) is 11.5 Å². The van der Waals surface area contributed by atoms with Crippen LogP contribution < -0.4 is 16.1 Å². The molecule has 0 unspecified atom stereocenters. The molecule has 1 saturated carbocycles. The van der Waals surface area contributed by atoms with Crippen molar-refractivity contribution in [1.82, 2.24) is 19.9 Å². The first-order chi connectivity index (χ1) is 16.5. The number of aromatic nitrogens is 3. The molecule has 0 radical (unpaired) electrons. The molecule has 8 heteroatoms. The molecule has 2 N–H and O–H groups in total. The van der Waals surface area contributed by atoms with Crippen LogP contribution in [0, 0.1) is 0 Å². The van der Waals surface area contributed by atoms with Gasteiger partial charge in [0, 0.05) is 54.3 Å². The molecular formula is C26H23Cl2N5O. The van der Waals surface area contributed by atoms with Gasteiger partial charge in [0.1, 0.15) is 5.65 Å². The molecule has 6 nitrogen and oxygen atoms in total. The lowest BCUT2D eigenvalue weighted by molar-refractivity contribution is 0.531. The number of nitrogens with zero attached hydrogens (tertiary/aromatic N) is 3. The van der Waals surface area contributed by atoms with Gasteiger partial charge in [0.25, 0.3) is 0 Å². The molecule has 4 aromatic rings. The number of anilines is 2. The van der Waals surface area contributed by atoms with Crippen molar-refractivity contribution in [2.45, 2.75) is 38.3 Å². The third-order valence-corrected chi connectivity index (χ3v) is 7.58. The standard InChI is InChI=1S/C26H23Cl2N5O/c1-2-33-13-18(22-20(27)4-3-5-21(22)28)23(34)17-12-30-25(32-24(17)33)31-16-6-7-19-15(10-16)11-29-14-26(19)8-9-26/h3-7,10,12-13,29H,2,8-9,11,14H2,1H3,(H,30,31,32). The van der Waals surface area contributed by atoms with E-state index in [-0.39, 0.29) is 5.43 Å². The number of fused-ring (bicyclic) bond motifs is 3. The Labute approximate surface area is 207 Å². The van der Waals surface area contributed by atoms with Crippen LogP contribution in [0.15, 0.2) is 53.6 Å². The average molecular weight is 492 g/mol. The van der Waals surface area contributed by atoms with E-state index in [4.69, 9.17) is 28.2 Å². The summed E-state index contributed by atoms with van der Waals surface area (Å²) in [6, 6.07) is 11.7. The monoisotopic (exact) mass is 491 g/mol. The van der Waals surface area contributed by atoms with Gasteiger partial charge in [-0.1, -0.05) is 35.3 Å². The molecule has 6 rings (SSSR count). The largest absolute Gasteiger partial charge is 0.332 e. The van der Waals surface area contributed by atoms with Crippen molar-refractivity contribution in [3.8, 4) is 11.1 Å². The molecule has 172 valence electrons. The number of benzene rings is 2. The number of hydrogen-bond donors (Lipinski definition) is 2. The Kier molecular flexibility index (Phi) is 5.13. The van der Waals surface area contributed by atoms with Gasteiger partial charge in [-0.3, -0.25) is 4.79 Å². The van der Waals surface area contributed by atoms with Crippen LogP contribution in [0.3, 0.4) is 0 Å². The van der Waals surface area contributed by atoms with Crippen LogP contribution in [0.4, 0.5) is 11.6 Å². The lowest BCUT2D eigenvalue weighted by atomic mass is 9.88. The van der Waals surface area contributed by atoms with Gasteiger partial charge in [-0.25, -0.2) is 4.98 Å². The number of rotatable bonds is 4. The molecule has 2 aromatic carbocycles. The summed E-state index contributed by atoms with van der Waals surface area (Å²) in [5.41, 5.74) is 5.38. The molecule has 1 aliphatic heterocycles. The van der Waals surface area contributed by atoms with E-state index in [1.165, 1.54) is 24.0 Å². The van der Waals surface area contributed by atoms with Crippen molar-refractivity contribution in [1.29, 1.82) is 0 Å². The summed E-state index contributed by atoms with van der Waals surface area (Å²) in [6.45, 7) is 4.56. The minimum absolute atomic E-state index is 0.198. The maximum atomic E-state index is 13.4. The minimum atomic E-state index is -0.198. The van der Waals surface area contributed by atoms with Crippen LogP contribution in [-0.4, -0.2) is 21.1 Å². The van der Waals surface area contributed by atoms with E-state index in [2.05, 4.69) is 33.8 Å². The van der Waals surface area contributed by atoms with Gasteiger partial charge in [-0.2, -0.15) is 4.98 Å². The Balaban J connectivity index is 1.40. The van der Waals surface area contributed by atoms with E-state index in [9.17, 15) is 4.79 Å². The Morgan fingerprint density at radius 3 is 2.71 bits per heavy atom. The van der Waals surface area contributed by atoms with Crippen LogP contribution in [0.1, 0.15) is 30.9 Å². The minimum Gasteiger partial charge on any atom is -0.332 e. The lowest BCUT2D eigenvalue weighted by Gasteiger charge is -2.26. The first-order valence-corrected chi connectivity index (χ1v) is 12.2. The van der Waals surface area contributed by atoms with Gasteiger partial charge in [0.2, 0.25) is 11.4 Å². The van der Waals surface area contributed by atoms with E-state index in [0.29, 0.717) is 50.1 Å². The summed E-state index contributed by atoms with van der Waals surface area (Å²) < 4.78 is 1.92. The summed E-state index contributed by atoms with van der Waals surface area (Å²) in [5, 5.41) is 8.15. The van der Waals surface area contributed by atoms with Gasteiger partial charge in [0.05, 0.1) is 15.4 Å². The highest BCUT2D eigenvalue weighted by molar-refractivity contribution is 6.39. The Morgan fingerprint density at radius 1 is 1.18 bits per heavy atom. The summed E-state index contributed by atoms with van der Waals surface area (Å²) in [5.74, 6) is 0.447. The normalized spacial score (nSPS) is 16.0. The van der Waals surface area contributed by atoms with E-state index >= 15 is 0 Å². The topological polar surface area (TPSA) is 71.8 Å². The second-order valence-electron chi connectivity index (χ2n) is 9.07. The molecule has 0 bridgehead atoms. The first kappa shape index (κ1) is 21.6. The zero-order valence-electron chi connectivity index (χ0n) is 18.7. The van der Waals surface area contributed by atoms with Crippen molar-refractivity contribution in [3.63, 3.8) is 0 Å². The van der Waals surface area contributed by atoms with Gasteiger partial charge >= 0.3 is 0 Å². The Morgan fingerprint density at radius 2 is 1.97 bits per heavy atom. The Bertz CT molecular complexity index is 1490. The molecular weight excluding hydrogens is 469 g/mol. The second-order valence-corrected chi connectivity index (χ2v) is 9.88. The summed E-state index contributed by atoms with van der Waals surface area (Å²) in [6.07, 6.45) is 5.85. The van der Waals surface area contributed by atoms with Crippen LogP contribution in [0.5, 0.6) is 0 Å². The number of aryl methyl sites for hydroxylation is 1. The summed E-state index contributed by atoms with van der Waals surface area (Å²) >= 11 is 12.8. The fraction of sp³-hybridized carbons (Fsp3) is 0.269. The number of halogens is 2. The number of pyridine rings is 1. The number of nitrogens with one attached hydrogen (secondary N) is 2. The molecule has 0 amide bonds. The molecule has 0 saturated heterocycles. The van der Waals surface area contributed by atoms with Crippen molar-refractivity contribution in [3.05, 3.63) is 80.2 Å². The van der Waals surface area contributed by atoms with Crippen LogP contribution >= 0.6 is 23.2 Å². The van der Waals surface area contributed by atoms with Gasteiger partial charge in [0.15, 0.2) is 0 Å². The highest BCUT2D eigenvalue weighted by atomic mass is 35.5. The molecule has 3 heterocycles. The molecule has 1 spiro atoms. The smallest absolute Gasteiger partial charge is 0.229 e. The fourth-order valence-corrected chi connectivity index (χ4v) is 5.60. The van der Waals surface area contributed by atoms with Gasteiger partial charge < -0.3 is 15.2 Å². The third kappa shape index (κ3) is 3.49. The van der Waals surface area contributed by atoms with E-state index in [0.717, 1.165) is 18.8 Å². The molecule has 1 aliphatic carbocycles. The van der Waals surface area contributed by atoms with Gasteiger partial charge in [-0.05, 0) is 55.2 Å². The highest BCUT2D eigenvalue weighted by Gasteiger charge is 2.46. The van der Waals surface area contributed by atoms with Crippen LogP contribution in [-0.2, 0) is 18.5 Å². The molecule has 2 aliphatic rings. The van der Waals surface area contributed by atoms with E-state index < -0.39 is 0 Å². The zero-order chi connectivity index (χ0) is 23.4. The average Bonchev–Trinajstić information content (AvgIpc) is 3.60. The fourth-order valence-electron chi connectivity index (χ4n) is 5.00. The van der Waals surface area contributed by atoms with E-state index in [1.54, 1.807) is 30.6 Å². The lowest BCUT2D eigenvalue weighted by Crippen LogP contribution is -2.33. The molecule has 34 heavy (non-hydrogen) atoms. The predicted molar refractivity (Wildman–Crippen MR) is 137 cm³/mol. The zero-order valence-corrected chi connectivity index (χ0v) is 20.2. The molecule has 2 aromatic heterocycles. The van der Waals surface area contributed by atoms with Crippen molar-refractivity contribution < 1.29 is 0 Å². The first-order valence-electron chi connectivity index (χ1n) is 11.4. The maximum Gasteiger partial charge on any atom is 0.229 e. The SMILES string of the molecule is CCn1cc(-c2c(Cl)cccc2Cl)c(=O)c2cnc(Nc3ccc4c(c3)CNCC43CC3)nc21. The summed E-state index contributed by atoms with van der Waals surface area (Å²) in [4.78, 5) is 22.5. The highest BCUT2D eigenvalue weighted by Crippen LogP contribution is 2.50.